The molecule has 0 saturated heterocycles. The summed E-state index contributed by atoms with van der Waals surface area (Å²) in [4.78, 5) is 13.4. The van der Waals surface area contributed by atoms with Gasteiger partial charge in [0.05, 0.1) is 5.39 Å². The van der Waals surface area contributed by atoms with E-state index < -0.39 is 0 Å². The highest BCUT2D eigenvalue weighted by Gasteiger charge is 2.10. The van der Waals surface area contributed by atoms with Gasteiger partial charge in [-0.1, -0.05) is 30.3 Å². The third kappa shape index (κ3) is 3.64. The first-order valence-corrected chi connectivity index (χ1v) is 10.0. The van der Waals surface area contributed by atoms with E-state index in [9.17, 15) is 0 Å². The maximum atomic E-state index is 4.47. The summed E-state index contributed by atoms with van der Waals surface area (Å²) in [6, 6.07) is 21.1. The first-order chi connectivity index (χ1) is 13.3. The minimum atomic E-state index is 0.842. The van der Waals surface area contributed by atoms with E-state index in [0.29, 0.717) is 0 Å². The summed E-state index contributed by atoms with van der Waals surface area (Å²) in [6.45, 7) is 6.36. The Morgan fingerprint density at radius 3 is 2.37 bits per heavy atom. The van der Waals surface area contributed by atoms with Crippen LogP contribution in [0.3, 0.4) is 0 Å². The van der Waals surface area contributed by atoms with E-state index in [4.69, 9.17) is 0 Å². The Kier molecular flexibility index (Phi) is 5.03. The van der Waals surface area contributed by atoms with Gasteiger partial charge in [-0.2, -0.15) is 0 Å². The molecule has 2 heterocycles. The lowest BCUT2D eigenvalue weighted by atomic mass is 10.2. The van der Waals surface area contributed by atoms with E-state index in [1.807, 2.05) is 6.07 Å². The Morgan fingerprint density at radius 2 is 1.67 bits per heavy atom. The van der Waals surface area contributed by atoms with Gasteiger partial charge in [0.2, 0.25) is 0 Å². The molecule has 0 radical (unpaired) electrons. The van der Waals surface area contributed by atoms with Gasteiger partial charge in [0.25, 0.3) is 0 Å². The summed E-state index contributed by atoms with van der Waals surface area (Å²) in [5, 5.41) is 4.50. The van der Waals surface area contributed by atoms with Crippen LogP contribution in [0, 0.1) is 0 Å². The van der Waals surface area contributed by atoms with Crippen molar-refractivity contribution in [2.75, 3.05) is 23.3 Å². The molecular weight excluding hydrogens is 352 g/mol. The molecule has 0 aliphatic rings. The van der Waals surface area contributed by atoms with E-state index >= 15 is 0 Å². The quantitative estimate of drug-likeness (QED) is 0.453. The fourth-order valence-corrected chi connectivity index (χ4v) is 4.19. The van der Waals surface area contributed by atoms with Crippen LogP contribution in [0.1, 0.15) is 13.8 Å². The van der Waals surface area contributed by atoms with Crippen LogP contribution < -0.4 is 10.2 Å². The molecule has 0 fully saturated rings. The molecule has 0 unspecified atom stereocenters. The van der Waals surface area contributed by atoms with E-state index in [1.165, 1.54) is 16.1 Å². The fraction of sp³-hybridized carbons (Fsp3) is 0.182. The lowest BCUT2D eigenvalue weighted by Crippen LogP contribution is -2.21. The van der Waals surface area contributed by atoms with Crippen molar-refractivity contribution in [3.05, 3.63) is 67.0 Å². The number of nitrogens with one attached hydrogen (secondary N) is 1. The zero-order valence-corrected chi connectivity index (χ0v) is 16.3. The largest absolute Gasteiger partial charge is 0.372 e. The van der Waals surface area contributed by atoms with Gasteiger partial charge >= 0.3 is 0 Å². The van der Waals surface area contributed by atoms with Crippen molar-refractivity contribution < 1.29 is 0 Å². The summed E-state index contributed by atoms with van der Waals surface area (Å²) < 4.78 is 0. The summed E-state index contributed by atoms with van der Waals surface area (Å²) in [5.74, 6) is 0.842. The molecule has 4 rings (SSSR count). The van der Waals surface area contributed by atoms with Gasteiger partial charge in [-0.25, -0.2) is 9.97 Å². The number of hydrogen-bond acceptors (Lipinski definition) is 5. The minimum Gasteiger partial charge on any atom is -0.372 e. The molecular formula is C22H22N4S. The third-order valence-corrected chi connectivity index (χ3v) is 5.74. The molecule has 136 valence electrons. The van der Waals surface area contributed by atoms with Crippen LogP contribution >= 0.6 is 11.3 Å². The summed E-state index contributed by atoms with van der Waals surface area (Å²) in [7, 11) is 0. The van der Waals surface area contributed by atoms with Crippen LogP contribution in [0.15, 0.2) is 67.0 Å². The zero-order chi connectivity index (χ0) is 18.6. The topological polar surface area (TPSA) is 41.0 Å². The van der Waals surface area contributed by atoms with Crippen LogP contribution in [0.5, 0.6) is 0 Å². The SMILES string of the molecule is CCN(CC)c1ccc(Nc2ncnc3sc(-c4ccccc4)cc23)cc1. The number of aromatic nitrogens is 2. The maximum Gasteiger partial charge on any atom is 0.142 e. The van der Waals surface area contributed by atoms with Crippen LogP contribution in [0.25, 0.3) is 20.7 Å². The lowest BCUT2D eigenvalue weighted by molar-refractivity contribution is 0.866. The fourth-order valence-electron chi connectivity index (χ4n) is 3.18. The van der Waals surface area contributed by atoms with Gasteiger partial charge in [0.15, 0.2) is 0 Å². The Morgan fingerprint density at radius 1 is 0.926 bits per heavy atom. The predicted molar refractivity (Wildman–Crippen MR) is 116 cm³/mol. The number of anilines is 3. The average molecular weight is 375 g/mol. The molecule has 0 spiro atoms. The van der Waals surface area contributed by atoms with Gasteiger partial charge < -0.3 is 10.2 Å². The second kappa shape index (κ2) is 7.76. The van der Waals surface area contributed by atoms with E-state index in [2.05, 4.69) is 88.6 Å². The van der Waals surface area contributed by atoms with E-state index in [-0.39, 0.29) is 0 Å². The minimum absolute atomic E-state index is 0.842. The molecule has 2 aromatic carbocycles. The van der Waals surface area contributed by atoms with Crippen molar-refractivity contribution >= 4 is 38.7 Å². The highest BCUT2D eigenvalue weighted by molar-refractivity contribution is 7.21. The third-order valence-electron chi connectivity index (χ3n) is 4.65. The Hall–Kier alpha value is -2.92. The van der Waals surface area contributed by atoms with Gasteiger partial charge in [0.1, 0.15) is 17.0 Å². The van der Waals surface area contributed by atoms with Crippen LogP contribution in [0.4, 0.5) is 17.2 Å². The molecule has 4 nitrogen and oxygen atoms in total. The van der Waals surface area contributed by atoms with Gasteiger partial charge in [-0.15, -0.1) is 11.3 Å². The van der Waals surface area contributed by atoms with E-state index in [0.717, 1.165) is 34.8 Å². The zero-order valence-electron chi connectivity index (χ0n) is 15.5. The molecule has 4 aromatic rings. The maximum absolute atomic E-state index is 4.47. The molecule has 2 aromatic heterocycles. The Labute approximate surface area is 163 Å². The smallest absolute Gasteiger partial charge is 0.142 e. The van der Waals surface area contributed by atoms with Crippen molar-refractivity contribution in [3.63, 3.8) is 0 Å². The normalized spacial score (nSPS) is 10.9. The molecule has 5 heteroatoms. The molecule has 0 bridgehead atoms. The molecule has 0 atom stereocenters. The summed E-state index contributed by atoms with van der Waals surface area (Å²) >= 11 is 1.69. The number of fused-ring (bicyclic) bond motifs is 1. The second-order valence-electron chi connectivity index (χ2n) is 6.26. The number of nitrogens with zero attached hydrogens (tertiary/aromatic N) is 3. The molecule has 1 N–H and O–H groups in total. The van der Waals surface area contributed by atoms with Crippen molar-refractivity contribution in [2.24, 2.45) is 0 Å². The summed E-state index contributed by atoms with van der Waals surface area (Å²) in [6.07, 6.45) is 1.63. The lowest BCUT2D eigenvalue weighted by Gasteiger charge is -2.21. The average Bonchev–Trinajstić information content (AvgIpc) is 3.16. The standard InChI is InChI=1S/C22H22N4S/c1-3-26(4-2)18-12-10-17(11-13-18)25-21-19-14-20(16-8-6-5-7-9-16)27-22(19)24-15-23-21/h5-15H,3-4H2,1-2H3,(H,23,24,25). The van der Waals surface area contributed by atoms with Crippen molar-refractivity contribution in [3.8, 4) is 10.4 Å². The van der Waals surface area contributed by atoms with Crippen molar-refractivity contribution in [1.29, 1.82) is 0 Å². The van der Waals surface area contributed by atoms with Crippen LogP contribution in [-0.4, -0.2) is 23.1 Å². The number of benzene rings is 2. The van der Waals surface area contributed by atoms with Crippen molar-refractivity contribution in [2.45, 2.75) is 13.8 Å². The molecule has 0 saturated carbocycles. The van der Waals surface area contributed by atoms with Crippen LogP contribution in [0.2, 0.25) is 0 Å². The first-order valence-electron chi connectivity index (χ1n) is 9.20. The number of thiophene rings is 1. The van der Waals surface area contributed by atoms with Gasteiger partial charge in [0, 0.05) is 29.3 Å². The van der Waals surface area contributed by atoms with Gasteiger partial charge in [-0.05, 0) is 49.7 Å². The van der Waals surface area contributed by atoms with Crippen LogP contribution in [-0.2, 0) is 0 Å². The molecule has 27 heavy (non-hydrogen) atoms. The monoisotopic (exact) mass is 374 g/mol. The second-order valence-corrected chi connectivity index (χ2v) is 7.29. The first kappa shape index (κ1) is 17.5. The van der Waals surface area contributed by atoms with E-state index in [1.54, 1.807) is 17.7 Å². The Bertz CT molecular complexity index is 1020. The molecule has 0 aliphatic heterocycles. The predicted octanol–water partition coefficient (Wildman–Crippen LogP) is 5.95. The number of rotatable bonds is 6. The van der Waals surface area contributed by atoms with Crippen molar-refractivity contribution in [1.82, 2.24) is 9.97 Å². The molecule has 0 aliphatic carbocycles. The number of hydrogen-bond donors (Lipinski definition) is 1. The summed E-state index contributed by atoms with van der Waals surface area (Å²) in [5.41, 5.74) is 3.47. The molecule has 0 amide bonds. The highest BCUT2D eigenvalue weighted by Crippen LogP contribution is 2.35. The Balaban J connectivity index is 1.63. The highest BCUT2D eigenvalue weighted by atomic mass is 32.1. The van der Waals surface area contributed by atoms with Gasteiger partial charge in [-0.3, -0.25) is 0 Å².